The average Bonchev–Trinajstić information content (AvgIpc) is 2.78. The minimum Gasteiger partial charge on any atom is -0.493 e. The van der Waals surface area contributed by atoms with Crippen molar-refractivity contribution in [3.63, 3.8) is 0 Å². The fourth-order valence-corrected chi connectivity index (χ4v) is 4.31. The lowest BCUT2D eigenvalue weighted by Crippen LogP contribution is -2.50. The molecule has 1 aromatic carbocycles. The Morgan fingerprint density at radius 1 is 1.03 bits per heavy atom. The molecule has 2 aromatic rings. The van der Waals surface area contributed by atoms with Crippen LogP contribution < -0.4 is 14.4 Å². The Balaban J connectivity index is 1.32. The number of nitrogens with zero attached hydrogens (tertiary/aromatic N) is 4. The summed E-state index contributed by atoms with van der Waals surface area (Å²) in [5, 5.41) is 0. The summed E-state index contributed by atoms with van der Waals surface area (Å²) in [4.78, 5) is 23.9. The lowest BCUT2D eigenvalue weighted by atomic mass is 9.98. The van der Waals surface area contributed by atoms with Crippen molar-refractivity contribution in [3.8, 4) is 11.5 Å². The maximum atomic E-state index is 12.9. The number of benzene rings is 1. The molecule has 3 heterocycles. The molecule has 1 aromatic heterocycles. The second-order valence-electron chi connectivity index (χ2n) is 7.64. The molecule has 160 valence electrons. The number of aromatic nitrogens is 1. The maximum Gasteiger partial charge on any atom is 0.237 e. The van der Waals surface area contributed by atoms with Crippen LogP contribution in [0.2, 0.25) is 0 Å². The number of pyridine rings is 1. The van der Waals surface area contributed by atoms with Crippen LogP contribution in [0.15, 0.2) is 34.9 Å². The molecule has 0 atom stereocenters. The van der Waals surface area contributed by atoms with E-state index in [0.29, 0.717) is 18.8 Å². The number of anilines is 1. The Morgan fingerprint density at radius 2 is 1.73 bits per heavy atom. The summed E-state index contributed by atoms with van der Waals surface area (Å²) in [6.07, 6.45) is 2.66. The molecule has 4 rings (SSSR count). The summed E-state index contributed by atoms with van der Waals surface area (Å²) >= 11 is 3.42. The van der Waals surface area contributed by atoms with Gasteiger partial charge in [0.15, 0.2) is 11.5 Å². The minimum atomic E-state index is 0.186. The zero-order valence-corrected chi connectivity index (χ0v) is 19.0. The maximum absolute atomic E-state index is 12.9. The number of methoxy groups -OCH3 is 2. The van der Waals surface area contributed by atoms with Crippen LogP contribution in [0.25, 0.3) is 0 Å². The van der Waals surface area contributed by atoms with Gasteiger partial charge in [-0.1, -0.05) is 0 Å². The summed E-state index contributed by atoms with van der Waals surface area (Å²) in [6, 6.07) is 8.07. The van der Waals surface area contributed by atoms with Crippen molar-refractivity contribution in [1.82, 2.24) is 14.8 Å². The van der Waals surface area contributed by atoms with Gasteiger partial charge in [-0.15, -0.1) is 0 Å². The standard InChI is InChI=1S/C22H27BrN4O3/c1-29-19-11-16-5-6-27(14-17(16)12-20(19)30-2)22(28)15-25-7-9-26(10-8-25)21-4-3-18(23)13-24-21/h3-4,11-13H,5-10,14-15H2,1-2H3. The van der Waals surface area contributed by atoms with E-state index >= 15 is 0 Å². The topological polar surface area (TPSA) is 58.1 Å². The minimum absolute atomic E-state index is 0.186. The van der Waals surface area contributed by atoms with Crippen molar-refractivity contribution in [2.45, 2.75) is 13.0 Å². The van der Waals surface area contributed by atoms with Crippen LogP contribution in [-0.2, 0) is 17.8 Å². The van der Waals surface area contributed by atoms with Crippen molar-refractivity contribution in [2.24, 2.45) is 0 Å². The highest BCUT2D eigenvalue weighted by Crippen LogP contribution is 2.33. The van der Waals surface area contributed by atoms with Crippen LogP contribution in [-0.4, -0.2) is 74.2 Å². The number of carbonyl (C=O) groups excluding carboxylic acids is 1. The monoisotopic (exact) mass is 474 g/mol. The number of carbonyl (C=O) groups is 1. The molecule has 0 N–H and O–H groups in total. The number of fused-ring (bicyclic) bond motifs is 1. The summed E-state index contributed by atoms with van der Waals surface area (Å²) in [5.41, 5.74) is 2.37. The Morgan fingerprint density at radius 3 is 2.37 bits per heavy atom. The van der Waals surface area contributed by atoms with Crippen molar-refractivity contribution >= 4 is 27.7 Å². The summed E-state index contributed by atoms with van der Waals surface area (Å²) in [7, 11) is 3.29. The van der Waals surface area contributed by atoms with Gasteiger partial charge in [-0.25, -0.2) is 4.98 Å². The molecule has 8 heteroatoms. The van der Waals surface area contributed by atoms with E-state index in [0.717, 1.165) is 60.7 Å². The molecule has 1 saturated heterocycles. The van der Waals surface area contributed by atoms with Gasteiger partial charge in [-0.05, 0) is 57.7 Å². The number of hydrogen-bond acceptors (Lipinski definition) is 6. The Labute approximate surface area is 185 Å². The van der Waals surface area contributed by atoms with Gasteiger partial charge in [0.2, 0.25) is 5.91 Å². The summed E-state index contributed by atoms with van der Waals surface area (Å²) in [5.74, 6) is 2.63. The van der Waals surface area contributed by atoms with E-state index in [4.69, 9.17) is 9.47 Å². The second-order valence-corrected chi connectivity index (χ2v) is 8.55. The molecule has 30 heavy (non-hydrogen) atoms. The molecule has 1 amide bonds. The Bertz CT molecular complexity index is 898. The van der Waals surface area contributed by atoms with Crippen LogP contribution in [0.3, 0.4) is 0 Å². The largest absolute Gasteiger partial charge is 0.493 e. The number of hydrogen-bond donors (Lipinski definition) is 0. The SMILES string of the molecule is COc1cc2c(cc1OC)CN(C(=O)CN1CCN(c3ccc(Br)cn3)CC1)CC2. The van der Waals surface area contributed by atoms with E-state index in [1.165, 1.54) is 5.56 Å². The smallest absolute Gasteiger partial charge is 0.237 e. The van der Waals surface area contributed by atoms with Crippen molar-refractivity contribution in [1.29, 1.82) is 0 Å². The average molecular weight is 475 g/mol. The van der Waals surface area contributed by atoms with E-state index in [-0.39, 0.29) is 5.91 Å². The van der Waals surface area contributed by atoms with Crippen LogP contribution >= 0.6 is 15.9 Å². The van der Waals surface area contributed by atoms with Gasteiger partial charge in [0.1, 0.15) is 5.82 Å². The van der Waals surface area contributed by atoms with Gasteiger partial charge in [0, 0.05) is 49.9 Å². The van der Waals surface area contributed by atoms with E-state index in [1.807, 2.05) is 35.4 Å². The summed E-state index contributed by atoms with van der Waals surface area (Å²) < 4.78 is 11.8. The van der Waals surface area contributed by atoms with Crippen LogP contribution in [0.5, 0.6) is 11.5 Å². The van der Waals surface area contributed by atoms with Crippen LogP contribution in [0, 0.1) is 0 Å². The molecule has 2 aliphatic rings. The van der Waals surface area contributed by atoms with Gasteiger partial charge in [-0.3, -0.25) is 9.69 Å². The number of rotatable bonds is 5. The summed E-state index contributed by atoms with van der Waals surface area (Å²) in [6.45, 7) is 5.30. The predicted molar refractivity (Wildman–Crippen MR) is 119 cm³/mol. The predicted octanol–water partition coefficient (Wildman–Crippen LogP) is 2.57. The van der Waals surface area contributed by atoms with Gasteiger partial charge in [0.05, 0.1) is 20.8 Å². The van der Waals surface area contributed by atoms with E-state index < -0.39 is 0 Å². The highest BCUT2D eigenvalue weighted by atomic mass is 79.9. The van der Waals surface area contributed by atoms with E-state index in [9.17, 15) is 4.79 Å². The molecule has 2 aliphatic heterocycles. The molecular formula is C22H27BrN4O3. The third-order valence-electron chi connectivity index (χ3n) is 5.84. The van der Waals surface area contributed by atoms with Crippen molar-refractivity contribution in [3.05, 3.63) is 46.1 Å². The quantitative estimate of drug-likeness (QED) is 0.663. The van der Waals surface area contributed by atoms with Gasteiger partial charge in [0.25, 0.3) is 0 Å². The highest BCUT2D eigenvalue weighted by Gasteiger charge is 2.26. The fraction of sp³-hybridized carbons (Fsp3) is 0.455. The molecule has 0 saturated carbocycles. The molecule has 7 nitrogen and oxygen atoms in total. The van der Waals surface area contributed by atoms with E-state index in [2.05, 4.69) is 30.7 Å². The molecule has 0 bridgehead atoms. The van der Waals surface area contributed by atoms with Crippen molar-refractivity contribution < 1.29 is 14.3 Å². The first-order chi connectivity index (χ1) is 14.6. The van der Waals surface area contributed by atoms with Crippen LogP contribution in [0.1, 0.15) is 11.1 Å². The second kappa shape index (κ2) is 9.22. The normalized spacial score (nSPS) is 16.9. The molecule has 0 aliphatic carbocycles. The zero-order chi connectivity index (χ0) is 21.1. The first-order valence-electron chi connectivity index (χ1n) is 10.2. The lowest BCUT2D eigenvalue weighted by molar-refractivity contribution is -0.133. The molecule has 1 fully saturated rings. The Hall–Kier alpha value is -2.32. The molecule has 0 unspecified atom stereocenters. The lowest BCUT2D eigenvalue weighted by Gasteiger charge is -2.36. The third kappa shape index (κ3) is 4.54. The first kappa shape index (κ1) is 20.9. The first-order valence-corrected chi connectivity index (χ1v) is 11.0. The van der Waals surface area contributed by atoms with E-state index in [1.54, 1.807) is 14.2 Å². The number of ether oxygens (including phenoxy) is 2. The number of piperazine rings is 1. The van der Waals surface area contributed by atoms with Crippen LogP contribution in [0.4, 0.5) is 5.82 Å². The van der Waals surface area contributed by atoms with Gasteiger partial charge < -0.3 is 19.3 Å². The molecular weight excluding hydrogens is 448 g/mol. The van der Waals surface area contributed by atoms with Gasteiger partial charge in [-0.2, -0.15) is 0 Å². The third-order valence-corrected chi connectivity index (χ3v) is 6.31. The van der Waals surface area contributed by atoms with Gasteiger partial charge >= 0.3 is 0 Å². The zero-order valence-electron chi connectivity index (χ0n) is 17.4. The number of amides is 1. The molecule has 0 radical (unpaired) electrons. The number of halogens is 1. The molecule has 0 spiro atoms. The Kier molecular flexibility index (Phi) is 6.43. The highest BCUT2D eigenvalue weighted by molar-refractivity contribution is 9.10. The van der Waals surface area contributed by atoms with Crippen molar-refractivity contribution in [2.75, 3.05) is 58.4 Å². The fourth-order valence-electron chi connectivity index (χ4n) is 4.08.